The van der Waals surface area contributed by atoms with E-state index in [1.807, 2.05) is 0 Å². The third kappa shape index (κ3) is 27.6. The monoisotopic (exact) mass is 611 g/mol. The molecule has 0 saturated carbocycles. The van der Waals surface area contributed by atoms with Crippen LogP contribution in [0.15, 0.2) is 0 Å². The molecule has 0 spiro atoms. The van der Waals surface area contributed by atoms with Gasteiger partial charge in [-0.05, 0) is 25.7 Å². The van der Waals surface area contributed by atoms with Crippen LogP contribution in [0.1, 0.15) is 155 Å². The van der Waals surface area contributed by atoms with E-state index in [9.17, 15) is 28.8 Å². The van der Waals surface area contributed by atoms with Crippen LogP contribution in [0, 0.1) is 0 Å². The highest BCUT2D eigenvalue weighted by Crippen LogP contribution is 2.15. The summed E-state index contributed by atoms with van der Waals surface area (Å²) >= 11 is 0. The molecule has 1 rings (SSSR count). The van der Waals surface area contributed by atoms with E-state index in [1.165, 1.54) is 58.3 Å². The number of amides is 4. The molecular weight excluding hydrogens is 554 g/mol. The fraction of sp³-hybridized carbons (Fsp3) is 0.812. The maximum atomic E-state index is 11.6. The van der Waals surface area contributed by atoms with Gasteiger partial charge in [0, 0.05) is 52.6 Å². The number of rotatable bonds is 25. The van der Waals surface area contributed by atoms with Gasteiger partial charge in [0.1, 0.15) is 0 Å². The highest BCUT2D eigenvalue weighted by molar-refractivity contribution is 6.01. The molecule has 0 unspecified atom stereocenters. The van der Waals surface area contributed by atoms with Crippen molar-refractivity contribution < 1.29 is 38.7 Å². The molecule has 0 atom stereocenters. The molecule has 43 heavy (non-hydrogen) atoms. The fourth-order valence-electron chi connectivity index (χ4n) is 4.60. The third-order valence-corrected chi connectivity index (χ3v) is 7.07. The molecule has 4 amide bonds. The summed E-state index contributed by atoms with van der Waals surface area (Å²) in [5.74, 6) is -1.98. The smallest absolute Gasteiger partial charge is 0.333 e. The van der Waals surface area contributed by atoms with Crippen molar-refractivity contribution in [2.75, 3.05) is 13.1 Å². The van der Waals surface area contributed by atoms with Crippen LogP contribution in [0.5, 0.6) is 0 Å². The van der Waals surface area contributed by atoms with Crippen molar-refractivity contribution in [1.29, 1.82) is 0 Å². The van der Waals surface area contributed by atoms with Crippen LogP contribution in [0.25, 0.3) is 0 Å². The molecule has 1 fully saturated rings. The highest BCUT2D eigenvalue weighted by Gasteiger charge is 2.32. The molecule has 11 heteroatoms. The highest BCUT2D eigenvalue weighted by atomic mass is 16.7. The average molecular weight is 612 g/mol. The number of unbranched alkanes of at least 4 members (excludes halogenated alkanes) is 16. The first-order valence-electron chi connectivity index (χ1n) is 16.4. The van der Waals surface area contributed by atoms with Gasteiger partial charge in [-0.15, -0.1) is 5.06 Å². The van der Waals surface area contributed by atoms with Crippen LogP contribution in [0.3, 0.4) is 0 Å². The SMILES string of the molecule is CC(=O)NCCCCCCCCCCCC(=O)O.CC(=O)NCCCCCCCCCCCC(=O)ON1C(=O)CCC1=O. The van der Waals surface area contributed by atoms with Crippen molar-refractivity contribution in [1.82, 2.24) is 15.7 Å². The van der Waals surface area contributed by atoms with Gasteiger partial charge in [0.05, 0.1) is 0 Å². The van der Waals surface area contributed by atoms with Crippen molar-refractivity contribution >= 4 is 35.6 Å². The number of carbonyl (C=O) groups is 6. The van der Waals surface area contributed by atoms with Gasteiger partial charge in [-0.2, -0.15) is 0 Å². The zero-order valence-electron chi connectivity index (χ0n) is 26.7. The summed E-state index contributed by atoms with van der Waals surface area (Å²) in [6.45, 7) is 4.64. The first kappa shape index (κ1) is 40.0. The molecular formula is C32H57N3O8. The van der Waals surface area contributed by atoms with E-state index in [4.69, 9.17) is 9.94 Å². The molecule has 1 saturated heterocycles. The van der Waals surface area contributed by atoms with Gasteiger partial charge in [-0.1, -0.05) is 89.9 Å². The minimum absolute atomic E-state index is 0.0301. The van der Waals surface area contributed by atoms with Crippen LogP contribution in [-0.2, 0) is 33.6 Å². The molecule has 3 N–H and O–H groups in total. The van der Waals surface area contributed by atoms with Crippen molar-refractivity contribution in [2.45, 2.75) is 155 Å². The second-order valence-electron chi connectivity index (χ2n) is 11.3. The van der Waals surface area contributed by atoms with Crippen molar-refractivity contribution in [3.63, 3.8) is 0 Å². The zero-order valence-corrected chi connectivity index (χ0v) is 26.7. The molecule has 1 aliphatic heterocycles. The molecule has 0 aliphatic carbocycles. The summed E-state index contributed by atoms with van der Waals surface area (Å²) in [5, 5.41) is 14.7. The average Bonchev–Trinajstić information content (AvgIpc) is 3.26. The minimum atomic E-state index is -0.686. The molecule has 0 radical (unpaired) electrons. The summed E-state index contributed by atoms with van der Waals surface area (Å²) in [6.07, 6.45) is 20.6. The molecule has 0 bridgehead atoms. The standard InChI is InChI=1S/C18H30N2O5.C14H27NO3/c1-15(21)19-14-10-8-6-4-2-3-5-7-9-11-18(24)25-20-16(22)12-13-17(20)23;1-13(16)15-12-10-8-6-4-2-3-5-7-9-11-14(17)18/h2-14H2,1H3,(H,19,21);2-12H2,1H3,(H,15,16)(H,17,18). The molecule has 0 aromatic rings. The maximum absolute atomic E-state index is 11.6. The summed E-state index contributed by atoms with van der Waals surface area (Å²) in [7, 11) is 0. The number of carboxylic acids is 1. The van der Waals surface area contributed by atoms with E-state index in [-0.39, 0.29) is 31.1 Å². The van der Waals surface area contributed by atoms with E-state index >= 15 is 0 Å². The summed E-state index contributed by atoms with van der Waals surface area (Å²) in [6, 6.07) is 0. The summed E-state index contributed by atoms with van der Waals surface area (Å²) in [4.78, 5) is 70.6. The maximum Gasteiger partial charge on any atom is 0.333 e. The lowest BCUT2D eigenvalue weighted by molar-refractivity contribution is -0.197. The van der Waals surface area contributed by atoms with Crippen LogP contribution in [0.4, 0.5) is 0 Å². The van der Waals surface area contributed by atoms with Crippen LogP contribution in [0.2, 0.25) is 0 Å². The van der Waals surface area contributed by atoms with E-state index in [0.29, 0.717) is 17.9 Å². The van der Waals surface area contributed by atoms with Crippen LogP contribution >= 0.6 is 0 Å². The number of nitrogens with one attached hydrogen (secondary N) is 2. The molecule has 1 aliphatic rings. The van der Waals surface area contributed by atoms with Gasteiger partial charge in [-0.25, -0.2) is 4.79 Å². The number of hydrogen-bond donors (Lipinski definition) is 3. The Bertz CT molecular complexity index is 778. The Balaban J connectivity index is 0.000000869. The largest absolute Gasteiger partial charge is 0.481 e. The third-order valence-electron chi connectivity index (χ3n) is 7.07. The number of hydroxylamine groups is 2. The molecule has 11 nitrogen and oxygen atoms in total. The predicted octanol–water partition coefficient (Wildman–Crippen LogP) is 5.74. The lowest BCUT2D eigenvalue weighted by Crippen LogP contribution is -2.31. The van der Waals surface area contributed by atoms with E-state index in [1.54, 1.807) is 6.92 Å². The Morgan fingerprint density at radius 3 is 1.26 bits per heavy atom. The topological polar surface area (TPSA) is 159 Å². The van der Waals surface area contributed by atoms with Gasteiger partial charge in [0.25, 0.3) is 11.8 Å². The molecule has 1 heterocycles. The number of carboxylic acid groups (broad SMARTS) is 1. The number of aliphatic carboxylic acids is 1. The van der Waals surface area contributed by atoms with Gasteiger partial charge in [0.15, 0.2) is 0 Å². The van der Waals surface area contributed by atoms with E-state index in [2.05, 4.69) is 10.6 Å². The van der Waals surface area contributed by atoms with Crippen molar-refractivity contribution in [2.24, 2.45) is 0 Å². The Kier molecular flexibility index (Phi) is 25.9. The fourth-order valence-corrected chi connectivity index (χ4v) is 4.60. The molecule has 248 valence electrons. The lowest BCUT2D eigenvalue weighted by Gasteiger charge is -2.12. The number of imide groups is 1. The van der Waals surface area contributed by atoms with Crippen molar-refractivity contribution in [3.8, 4) is 0 Å². The van der Waals surface area contributed by atoms with Crippen molar-refractivity contribution in [3.05, 3.63) is 0 Å². The number of carbonyl (C=O) groups excluding carboxylic acids is 5. The summed E-state index contributed by atoms with van der Waals surface area (Å²) in [5.41, 5.74) is 0. The lowest BCUT2D eigenvalue weighted by atomic mass is 10.1. The Morgan fingerprint density at radius 1 is 0.581 bits per heavy atom. The Hall–Kier alpha value is -2.98. The zero-order chi connectivity index (χ0) is 32.1. The number of hydrogen-bond acceptors (Lipinski definition) is 7. The minimum Gasteiger partial charge on any atom is -0.481 e. The van der Waals surface area contributed by atoms with E-state index < -0.39 is 23.8 Å². The quantitative estimate of drug-likeness (QED) is 0.0871. The Morgan fingerprint density at radius 2 is 0.907 bits per heavy atom. The predicted molar refractivity (Wildman–Crippen MR) is 165 cm³/mol. The van der Waals surface area contributed by atoms with Gasteiger partial charge < -0.3 is 20.6 Å². The summed E-state index contributed by atoms with van der Waals surface area (Å²) < 4.78 is 0. The molecule has 0 aromatic heterocycles. The first-order valence-corrected chi connectivity index (χ1v) is 16.4. The normalized spacial score (nSPS) is 12.5. The van der Waals surface area contributed by atoms with Crippen LogP contribution < -0.4 is 10.6 Å². The first-order chi connectivity index (χ1) is 20.6. The van der Waals surface area contributed by atoms with Gasteiger partial charge in [0.2, 0.25) is 11.8 Å². The number of nitrogens with zero attached hydrogens (tertiary/aromatic N) is 1. The van der Waals surface area contributed by atoms with Gasteiger partial charge in [-0.3, -0.25) is 24.0 Å². The van der Waals surface area contributed by atoms with E-state index in [0.717, 1.165) is 70.9 Å². The Labute approximate surface area is 258 Å². The van der Waals surface area contributed by atoms with Gasteiger partial charge >= 0.3 is 11.9 Å². The second kappa shape index (κ2) is 27.8. The second-order valence-corrected chi connectivity index (χ2v) is 11.3. The molecule has 0 aromatic carbocycles. The van der Waals surface area contributed by atoms with Crippen LogP contribution in [-0.4, -0.2) is 58.8 Å².